The van der Waals surface area contributed by atoms with Gasteiger partial charge >= 0.3 is 12.2 Å². The number of rotatable bonds is 3. The molecule has 20 heavy (non-hydrogen) atoms. The molecule has 4 nitrogen and oxygen atoms in total. The molecule has 2 N–H and O–H groups in total. The fourth-order valence-electron chi connectivity index (χ4n) is 2.12. The minimum absolute atomic E-state index is 0.0822. The Kier molecular flexibility index (Phi) is 4.94. The zero-order valence-corrected chi connectivity index (χ0v) is 12.2. The minimum atomic E-state index is -4.70. The first-order chi connectivity index (χ1) is 8.95. The van der Waals surface area contributed by atoms with Crippen LogP contribution in [0.1, 0.15) is 40.0 Å². The molecule has 0 aliphatic carbocycles. The van der Waals surface area contributed by atoms with Gasteiger partial charge in [-0.15, -0.1) is 0 Å². The van der Waals surface area contributed by atoms with Gasteiger partial charge in [-0.2, -0.15) is 13.2 Å². The molecule has 0 saturated carbocycles. The number of likely N-dealkylation sites (tertiary alicyclic amines) is 1. The summed E-state index contributed by atoms with van der Waals surface area (Å²) in [6, 6.07) is -0.543. The van der Waals surface area contributed by atoms with Crippen molar-refractivity contribution in [3.05, 3.63) is 0 Å². The van der Waals surface area contributed by atoms with Crippen LogP contribution in [0.4, 0.5) is 18.0 Å². The van der Waals surface area contributed by atoms with Crippen LogP contribution in [0, 0.1) is 5.41 Å². The topological polar surface area (TPSA) is 52.6 Å². The molecule has 2 amide bonds. The Morgan fingerprint density at radius 1 is 1.35 bits per heavy atom. The average molecular weight is 296 g/mol. The molecule has 0 bridgehead atoms. The van der Waals surface area contributed by atoms with Gasteiger partial charge in [0.1, 0.15) is 0 Å². The van der Waals surface area contributed by atoms with Gasteiger partial charge < -0.3 is 15.3 Å². The molecule has 1 saturated heterocycles. The zero-order chi connectivity index (χ0) is 15.6. The lowest BCUT2D eigenvalue weighted by molar-refractivity contribution is -0.253. The lowest BCUT2D eigenvalue weighted by Gasteiger charge is -2.26. The maximum absolute atomic E-state index is 12.6. The second kappa shape index (κ2) is 5.79. The van der Waals surface area contributed by atoms with Gasteiger partial charge in [-0.3, -0.25) is 0 Å². The molecule has 0 radical (unpaired) electrons. The van der Waals surface area contributed by atoms with Gasteiger partial charge in [-0.05, 0) is 18.3 Å². The van der Waals surface area contributed by atoms with Gasteiger partial charge in [0.15, 0.2) is 5.60 Å². The van der Waals surface area contributed by atoms with E-state index >= 15 is 0 Å². The molecule has 1 heterocycles. The molecule has 7 heteroatoms. The van der Waals surface area contributed by atoms with Crippen LogP contribution in [0.2, 0.25) is 0 Å². The van der Waals surface area contributed by atoms with Crippen molar-refractivity contribution in [2.24, 2.45) is 5.41 Å². The summed E-state index contributed by atoms with van der Waals surface area (Å²) in [4.78, 5) is 12.7. The smallest absolute Gasteiger partial charge is 0.379 e. The standard InChI is InChI=1S/C13H23F3N2O2/c1-11(2,3)5-4-7-17-10(19)18-8-6-12(20,9-18)13(14,15)16/h20H,4-9H2,1-3H3,(H,17,19). The molecule has 0 spiro atoms. The van der Waals surface area contributed by atoms with E-state index in [0.717, 1.165) is 17.7 Å². The molecule has 0 aromatic rings. The monoisotopic (exact) mass is 296 g/mol. The third-order valence-electron chi connectivity index (χ3n) is 3.44. The van der Waals surface area contributed by atoms with Crippen LogP contribution in [-0.2, 0) is 0 Å². The van der Waals surface area contributed by atoms with Crippen molar-refractivity contribution in [1.82, 2.24) is 10.2 Å². The fourth-order valence-corrected chi connectivity index (χ4v) is 2.12. The molecule has 1 aliphatic rings. The summed E-state index contributed by atoms with van der Waals surface area (Å²) in [6.45, 7) is 5.90. The first-order valence-electron chi connectivity index (χ1n) is 6.76. The highest BCUT2D eigenvalue weighted by Gasteiger charge is 2.57. The summed E-state index contributed by atoms with van der Waals surface area (Å²) in [5.41, 5.74) is -2.61. The number of β-amino-alcohol motifs (C(OH)–C–C–N with tert-alkyl or cyclic N) is 1. The maximum Gasteiger partial charge on any atom is 0.419 e. The average Bonchev–Trinajstić information content (AvgIpc) is 2.66. The largest absolute Gasteiger partial charge is 0.419 e. The molecular formula is C13H23F3N2O2. The zero-order valence-electron chi connectivity index (χ0n) is 12.2. The van der Waals surface area contributed by atoms with E-state index in [1.165, 1.54) is 0 Å². The Morgan fingerprint density at radius 3 is 2.40 bits per heavy atom. The number of hydrogen-bond acceptors (Lipinski definition) is 2. The van der Waals surface area contributed by atoms with Gasteiger partial charge in [-0.1, -0.05) is 20.8 Å². The number of nitrogens with zero attached hydrogens (tertiary/aromatic N) is 1. The van der Waals surface area contributed by atoms with Crippen LogP contribution in [0.5, 0.6) is 0 Å². The van der Waals surface area contributed by atoms with Crippen LogP contribution < -0.4 is 5.32 Å². The lowest BCUT2D eigenvalue weighted by Crippen LogP contribution is -2.49. The number of carbonyl (C=O) groups is 1. The van der Waals surface area contributed by atoms with Gasteiger partial charge in [0, 0.05) is 19.5 Å². The van der Waals surface area contributed by atoms with E-state index in [-0.39, 0.29) is 12.0 Å². The quantitative estimate of drug-likeness (QED) is 0.786. The van der Waals surface area contributed by atoms with Crippen molar-refractivity contribution in [2.75, 3.05) is 19.6 Å². The van der Waals surface area contributed by atoms with E-state index < -0.39 is 30.8 Å². The minimum Gasteiger partial charge on any atom is -0.379 e. The molecule has 1 rings (SSSR count). The van der Waals surface area contributed by atoms with E-state index in [1.54, 1.807) is 0 Å². The first-order valence-corrected chi connectivity index (χ1v) is 6.76. The number of amides is 2. The molecule has 1 fully saturated rings. The lowest BCUT2D eigenvalue weighted by atomic mass is 9.91. The molecule has 1 unspecified atom stereocenters. The second-order valence-electron chi connectivity index (χ2n) is 6.60. The van der Waals surface area contributed by atoms with Crippen LogP contribution in [0.3, 0.4) is 0 Å². The Hall–Kier alpha value is -0.980. The Labute approximate surface area is 117 Å². The van der Waals surface area contributed by atoms with Crippen molar-refractivity contribution in [3.63, 3.8) is 0 Å². The number of alkyl halides is 3. The van der Waals surface area contributed by atoms with Crippen molar-refractivity contribution in [1.29, 1.82) is 0 Å². The van der Waals surface area contributed by atoms with Crippen LogP contribution in [0.25, 0.3) is 0 Å². The predicted molar refractivity (Wildman–Crippen MR) is 69.3 cm³/mol. The van der Waals surface area contributed by atoms with Gasteiger partial charge in [-0.25, -0.2) is 4.79 Å². The van der Waals surface area contributed by atoms with Gasteiger partial charge in [0.25, 0.3) is 0 Å². The van der Waals surface area contributed by atoms with E-state index in [4.69, 9.17) is 0 Å². The number of hydrogen-bond donors (Lipinski definition) is 2. The maximum atomic E-state index is 12.6. The number of nitrogens with one attached hydrogen (secondary N) is 1. The van der Waals surface area contributed by atoms with E-state index in [0.29, 0.717) is 6.54 Å². The summed E-state index contributed by atoms with van der Waals surface area (Å²) in [5.74, 6) is 0. The van der Waals surface area contributed by atoms with Crippen LogP contribution in [0.15, 0.2) is 0 Å². The summed E-state index contributed by atoms with van der Waals surface area (Å²) in [6.07, 6.45) is -3.48. The van der Waals surface area contributed by atoms with Crippen LogP contribution in [-0.4, -0.2) is 47.4 Å². The Morgan fingerprint density at radius 2 is 1.95 bits per heavy atom. The van der Waals surface area contributed by atoms with Gasteiger partial charge in [0.2, 0.25) is 0 Å². The second-order valence-corrected chi connectivity index (χ2v) is 6.60. The number of halogens is 3. The highest BCUT2D eigenvalue weighted by Crippen LogP contribution is 2.37. The summed E-state index contributed by atoms with van der Waals surface area (Å²) in [7, 11) is 0. The van der Waals surface area contributed by atoms with Crippen LogP contribution >= 0.6 is 0 Å². The van der Waals surface area contributed by atoms with Crippen molar-refractivity contribution < 1.29 is 23.1 Å². The third-order valence-corrected chi connectivity index (χ3v) is 3.44. The summed E-state index contributed by atoms with van der Waals surface area (Å²) in [5, 5.41) is 12.1. The fraction of sp³-hybridized carbons (Fsp3) is 0.923. The van der Waals surface area contributed by atoms with E-state index in [1.807, 2.05) is 0 Å². The highest BCUT2D eigenvalue weighted by atomic mass is 19.4. The third kappa shape index (κ3) is 4.54. The molecular weight excluding hydrogens is 273 g/mol. The van der Waals surface area contributed by atoms with E-state index in [9.17, 15) is 23.1 Å². The number of urea groups is 1. The van der Waals surface area contributed by atoms with E-state index in [2.05, 4.69) is 26.1 Å². The molecule has 1 atom stereocenters. The predicted octanol–water partition coefficient (Wildman–Crippen LogP) is 2.52. The Bertz CT molecular complexity index is 353. The Balaban J connectivity index is 2.36. The van der Waals surface area contributed by atoms with Crippen molar-refractivity contribution in [2.45, 2.75) is 51.8 Å². The normalized spacial score (nSPS) is 24.1. The highest BCUT2D eigenvalue weighted by molar-refractivity contribution is 5.74. The molecule has 0 aromatic carbocycles. The summed E-state index contributed by atoms with van der Waals surface area (Å²) >= 11 is 0. The molecule has 0 aromatic heterocycles. The number of aliphatic hydroxyl groups is 1. The SMILES string of the molecule is CC(C)(C)CCCNC(=O)N1CCC(O)(C(F)(F)F)C1. The van der Waals surface area contributed by atoms with Gasteiger partial charge in [0.05, 0.1) is 6.54 Å². The first kappa shape index (κ1) is 17.1. The van der Waals surface area contributed by atoms with Crippen molar-refractivity contribution >= 4 is 6.03 Å². The number of carbonyl (C=O) groups excluding carboxylic acids is 1. The van der Waals surface area contributed by atoms with Crippen molar-refractivity contribution in [3.8, 4) is 0 Å². The summed E-state index contributed by atoms with van der Waals surface area (Å²) < 4.78 is 37.8. The molecule has 1 aliphatic heterocycles. The molecule has 118 valence electrons.